The van der Waals surface area contributed by atoms with Gasteiger partial charge in [-0.2, -0.15) is 0 Å². The van der Waals surface area contributed by atoms with E-state index in [1.807, 2.05) is 60.4 Å². The van der Waals surface area contributed by atoms with E-state index in [4.69, 9.17) is 14.3 Å². The SMILES string of the molecule is CCCC(=O)N(Cc1cccc(OC)c1)CC1CC(c2ccc(OC)cc2)=NO1. The minimum absolute atomic E-state index is 0.122. The molecule has 0 saturated heterocycles. The van der Waals surface area contributed by atoms with Gasteiger partial charge in [-0.25, -0.2) is 0 Å². The number of amides is 1. The van der Waals surface area contributed by atoms with Crippen molar-refractivity contribution < 1.29 is 19.1 Å². The molecular formula is C23H28N2O4. The van der Waals surface area contributed by atoms with Gasteiger partial charge >= 0.3 is 0 Å². The van der Waals surface area contributed by atoms with Gasteiger partial charge < -0.3 is 19.2 Å². The van der Waals surface area contributed by atoms with Gasteiger partial charge in [0, 0.05) is 19.4 Å². The Bertz CT molecular complexity index is 848. The fourth-order valence-corrected chi connectivity index (χ4v) is 3.34. The van der Waals surface area contributed by atoms with Gasteiger partial charge in [0.15, 0.2) is 6.10 Å². The van der Waals surface area contributed by atoms with Crippen molar-refractivity contribution in [1.82, 2.24) is 4.90 Å². The maximum absolute atomic E-state index is 12.7. The highest BCUT2D eigenvalue weighted by molar-refractivity contribution is 6.01. The van der Waals surface area contributed by atoms with Crippen LogP contribution in [0.15, 0.2) is 53.7 Å². The lowest BCUT2D eigenvalue weighted by molar-refractivity contribution is -0.133. The van der Waals surface area contributed by atoms with E-state index in [0.717, 1.165) is 34.8 Å². The molecule has 29 heavy (non-hydrogen) atoms. The Balaban J connectivity index is 1.65. The highest BCUT2D eigenvalue weighted by atomic mass is 16.6. The normalized spacial score (nSPS) is 15.4. The van der Waals surface area contributed by atoms with E-state index in [0.29, 0.717) is 25.9 Å². The summed E-state index contributed by atoms with van der Waals surface area (Å²) in [7, 11) is 3.29. The molecule has 1 heterocycles. The number of methoxy groups -OCH3 is 2. The molecule has 0 aromatic heterocycles. The summed E-state index contributed by atoms with van der Waals surface area (Å²) >= 11 is 0. The lowest BCUT2D eigenvalue weighted by Crippen LogP contribution is -2.37. The second-order valence-corrected chi connectivity index (χ2v) is 7.07. The predicted molar refractivity (Wildman–Crippen MR) is 112 cm³/mol. The van der Waals surface area contributed by atoms with Crippen molar-refractivity contribution in [3.8, 4) is 11.5 Å². The average Bonchev–Trinajstić information content (AvgIpc) is 3.22. The molecule has 154 valence electrons. The third-order valence-electron chi connectivity index (χ3n) is 4.90. The Morgan fingerprint density at radius 1 is 1.14 bits per heavy atom. The van der Waals surface area contributed by atoms with Crippen LogP contribution in [0.1, 0.15) is 37.3 Å². The summed E-state index contributed by atoms with van der Waals surface area (Å²) < 4.78 is 10.5. The summed E-state index contributed by atoms with van der Waals surface area (Å²) in [5, 5.41) is 4.25. The standard InChI is InChI=1S/C23H28N2O4/c1-4-6-23(26)25(15-17-7-5-8-20(13-17)28-3)16-21-14-22(24-29-21)18-9-11-19(27-2)12-10-18/h5,7-13,21H,4,6,14-16H2,1-3H3. The Kier molecular flexibility index (Phi) is 7.11. The molecule has 0 saturated carbocycles. The lowest BCUT2D eigenvalue weighted by atomic mass is 10.0. The third-order valence-corrected chi connectivity index (χ3v) is 4.90. The quantitative estimate of drug-likeness (QED) is 0.642. The molecule has 0 spiro atoms. The van der Waals surface area contributed by atoms with Crippen LogP contribution in [-0.4, -0.2) is 43.4 Å². The molecule has 2 aromatic rings. The van der Waals surface area contributed by atoms with Gasteiger partial charge in [-0.3, -0.25) is 4.79 Å². The lowest BCUT2D eigenvalue weighted by Gasteiger charge is -2.25. The minimum atomic E-state index is -0.154. The summed E-state index contributed by atoms with van der Waals surface area (Å²) in [5.74, 6) is 1.71. The molecule has 0 radical (unpaired) electrons. The van der Waals surface area contributed by atoms with Gasteiger partial charge in [0.1, 0.15) is 11.5 Å². The van der Waals surface area contributed by atoms with Gasteiger partial charge in [-0.05, 0) is 53.9 Å². The highest BCUT2D eigenvalue weighted by Gasteiger charge is 2.26. The third kappa shape index (κ3) is 5.50. The van der Waals surface area contributed by atoms with Crippen LogP contribution in [0, 0.1) is 0 Å². The second kappa shape index (κ2) is 9.96. The van der Waals surface area contributed by atoms with Crippen molar-refractivity contribution in [3.05, 3.63) is 59.7 Å². The molecule has 0 fully saturated rings. The first-order chi connectivity index (χ1) is 14.1. The number of carbonyl (C=O) groups is 1. The molecule has 2 aromatic carbocycles. The van der Waals surface area contributed by atoms with E-state index in [2.05, 4.69) is 5.16 Å². The molecule has 1 aliphatic rings. The average molecular weight is 396 g/mol. The fourth-order valence-electron chi connectivity index (χ4n) is 3.34. The first kappa shape index (κ1) is 20.7. The highest BCUT2D eigenvalue weighted by Crippen LogP contribution is 2.22. The minimum Gasteiger partial charge on any atom is -0.497 e. The first-order valence-electron chi connectivity index (χ1n) is 9.90. The molecule has 1 amide bonds. The number of hydrogen-bond donors (Lipinski definition) is 0. The zero-order valence-electron chi connectivity index (χ0n) is 17.3. The number of nitrogens with zero attached hydrogens (tertiary/aromatic N) is 2. The van der Waals surface area contributed by atoms with Crippen molar-refractivity contribution in [3.63, 3.8) is 0 Å². The zero-order valence-corrected chi connectivity index (χ0v) is 17.3. The van der Waals surface area contributed by atoms with Crippen LogP contribution in [0.4, 0.5) is 0 Å². The molecule has 0 N–H and O–H groups in total. The van der Waals surface area contributed by atoms with Crippen molar-refractivity contribution in [2.24, 2.45) is 5.16 Å². The molecule has 3 rings (SSSR count). The van der Waals surface area contributed by atoms with Crippen molar-refractivity contribution in [1.29, 1.82) is 0 Å². The fraction of sp³-hybridized carbons (Fsp3) is 0.391. The Morgan fingerprint density at radius 2 is 1.90 bits per heavy atom. The summed E-state index contributed by atoms with van der Waals surface area (Å²) in [5.41, 5.74) is 2.93. The Labute approximate surface area is 172 Å². The molecule has 6 nitrogen and oxygen atoms in total. The molecule has 0 bridgehead atoms. The van der Waals surface area contributed by atoms with Gasteiger partial charge in [-0.15, -0.1) is 0 Å². The number of benzene rings is 2. The topological polar surface area (TPSA) is 60.4 Å². The Morgan fingerprint density at radius 3 is 2.59 bits per heavy atom. The van der Waals surface area contributed by atoms with Gasteiger partial charge in [-0.1, -0.05) is 24.2 Å². The molecule has 1 aliphatic heterocycles. The van der Waals surface area contributed by atoms with Crippen LogP contribution in [0.3, 0.4) is 0 Å². The summed E-state index contributed by atoms with van der Waals surface area (Å²) in [4.78, 5) is 20.2. The van der Waals surface area contributed by atoms with Gasteiger partial charge in [0.25, 0.3) is 0 Å². The zero-order chi connectivity index (χ0) is 20.6. The monoisotopic (exact) mass is 396 g/mol. The Hall–Kier alpha value is -3.02. The van der Waals surface area contributed by atoms with Gasteiger partial charge in [0.05, 0.1) is 26.5 Å². The van der Waals surface area contributed by atoms with Crippen molar-refractivity contribution >= 4 is 11.6 Å². The first-order valence-corrected chi connectivity index (χ1v) is 9.90. The second-order valence-electron chi connectivity index (χ2n) is 7.07. The number of carbonyl (C=O) groups excluding carboxylic acids is 1. The van der Waals surface area contributed by atoms with Crippen LogP contribution in [0.5, 0.6) is 11.5 Å². The van der Waals surface area contributed by atoms with Crippen LogP contribution < -0.4 is 9.47 Å². The number of ether oxygens (including phenoxy) is 2. The predicted octanol–water partition coefficient (Wildman–Crippen LogP) is 4.03. The number of hydrogen-bond acceptors (Lipinski definition) is 5. The smallest absolute Gasteiger partial charge is 0.222 e. The summed E-state index contributed by atoms with van der Waals surface area (Å²) in [6.07, 6.45) is 1.84. The molecule has 1 atom stereocenters. The number of rotatable bonds is 9. The number of oxime groups is 1. The van der Waals surface area contributed by atoms with E-state index in [9.17, 15) is 4.79 Å². The van der Waals surface area contributed by atoms with E-state index >= 15 is 0 Å². The van der Waals surface area contributed by atoms with Gasteiger partial charge in [0.2, 0.25) is 5.91 Å². The maximum atomic E-state index is 12.7. The van der Waals surface area contributed by atoms with Crippen molar-refractivity contribution in [2.45, 2.75) is 38.8 Å². The van der Waals surface area contributed by atoms with Crippen LogP contribution in [-0.2, 0) is 16.2 Å². The molecule has 1 unspecified atom stereocenters. The molecule has 0 aliphatic carbocycles. The molecular weight excluding hydrogens is 368 g/mol. The largest absolute Gasteiger partial charge is 0.497 e. The summed E-state index contributed by atoms with van der Waals surface area (Å²) in [6.45, 7) is 3.03. The summed E-state index contributed by atoms with van der Waals surface area (Å²) in [6, 6.07) is 15.6. The van der Waals surface area contributed by atoms with E-state index in [1.165, 1.54) is 0 Å². The van der Waals surface area contributed by atoms with Crippen LogP contribution in [0.25, 0.3) is 0 Å². The van der Waals surface area contributed by atoms with Crippen LogP contribution >= 0.6 is 0 Å². The van der Waals surface area contributed by atoms with E-state index < -0.39 is 0 Å². The maximum Gasteiger partial charge on any atom is 0.222 e. The van der Waals surface area contributed by atoms with E-state index in [1.54, 1.807) is 14.2 Å². The van der Waals surface area contributed by atoms with Crippen molar-refractivity contribution in [2.75, 3.05) is 20.8 Å². The molecule has 6 heteroatoms. The van der Waals surface area contributed by atoms with Crippen LogP contribution in [0.2, 0.25) is 0 Å². The van der Waals surface area contributed by atoms with E-state index in [-0.39, 0.29) is 12.0 Å².